The normalized spacial score (nSPS) is 14.4. The molecule has 0 amide bonds. The predicted molar refractivity (Wildman–Crippen MR) is 85.8 cm³/mol. The largest absolute Gasteiger partial charge is 0.356 e. The van der Waals surface area contributed by atoms with Crippen LogP contribution in [0.2, 0.25) is 0 Å². The van der Waals surface area contributed by atoms with Gasteiger partial charge >= 0.3 is 6.55 Å². The molecule has 0 unspecified atom stereocenters. The van der Waals surface area contributed by atoms with Crippen LogP contribution in [-0.4, -0.2) is 28.6 Å². The Balaban J connectivity index is 1.83. The fourth-order valence-electron chi connectivity index (χ4n) is 2.74. The summed E-state index contributed by atoms with van der Waals surface area (Å²) in [5, 5.41) is 3.23. The van der Waals surface area contributed by atoms with Crippen LogP contribution < -0.4 is 10.2 Å². The van der Waals surface area contributed by atoms with E-state index < -0.39 is 6.55 Å². The van der Waals surface area contributed by atoms with Gasteiger partial charge in [0, 0.05) is 31.2 Å². The zero-order valence-electron chi connectivity index (χ0n) is 12.9. The maximum Gasteiger partial charge on any atom is 0.319 e. The van der Waals surface area contributed by atoms with Crippen LogP contribution in [-0.2, 0) is 13.0 Å². The molecule has 0 spiro atoms. The van der Waals surface area contributed by atoms with Crippen LogP contribution >= 0.6 is 0 Å². The van der Waals surface area contributed by atoms with E-state index in [1.165, 1.54) is 18.0 Å². The van der Waals surface area contributed by atoms with Gasteiger partial charge in [-0.05, 0) is 25.0 Å². The first-order valence-corrected chi connectivity index (χ1v) is 7.64. The fourth-order valence-corrected chi connectivity index (χ4v) is 2.74. The maximum atomic E-state index is 12.9. The maximum absolute atomic E-state index is 12.9. The van der Waals surface area contributed by atoms with E-state index in [4.69, 9.17) is 0 Å². The first-order valence-electron chi connectivity index (χ1n) is 7.64. The molecule has 1 N–H and O–H groups in total. The second-order valence-electron chi connectivity index (χ2n) is 5.23. The van der Waals surface area contributed by atoms with E-state index in [1.807, 2.05) is 19.1 Å². The molecule has 0 fully saturated rings. The monoisotopic (exact) mass is 319 g/mol. The Morgan fingerprint density at radius 2 is 2.22 bits per heavy atom. The van der Waals surface area contributed by atoms with Gasteiger partial charge in [0.15, 0.2) is 5.96 Å². The van der Waals surface area contributed by atoms with Crippen molar-refractivity contribution < 1.29 is 8.78 Å². The Morgan fingerprint density at radius 3 is 3.00 bits per heavy atom. The van der Waals surface area contributed by atoms with Crippen molar-refractivity contribution >= 4 is 11.6 Å². The Labute approximate surface area is 133 Å². The minimum absolute atomic E-state index is 0.109. The first kappa shape index (κ1) is 15.5. The van der Waals surface area contributed by atoms with Gasteiger partial charge in [-0.2, -0.15) is 8.78 Å². The van der Waals surface area contributed by atoms with E-state index in [-0.39, 0.29) is 12.4 Å². The Kier molecular flexibility index (Phi) is 4.55. The number of rotatable bonds is 4. The molecule has 2 heterocycles. The second-order valence-corrected chi connectivity index (χ2v) is 5.23. The van der Waals surface area contributed by atoms with Crippen LogP contribution in [0.15, 0.2) is 41.7 Å². The van der Waals surface area contributed by atoms with Gasteiger partial charge in [-0.15, -0.1) is 0 Å². The van der Waals surface area contributed by atoms with Crippen molar-refractivity contribution in [3.63, 3.8) is 0 Å². The number of benzene rings is 1. The van der Waals surface area contributed by atoms with Gasteiger partial charge in [-0.1, -0.05) is 18.2 Å². The molecular formula is C16H19F2N5. The highest BCUT2D eigenvalue weighted by atomic mass is 19.3. The smallest absolute Gasteiger partial charge is 0.319 e. The first-order chi connectivity index (χ1) is 11.2. The Morgan fingerprint density at radius 1 is 1.39 bits per heavy atom. The second kappa shape index (κ2) is 6.76. The fraction of sp³-hybridized carbons (Fsp3) is 0.375. The van der Waals surface area contributed by atoms with Crippen molar-refractivity contribution in [1.29, 1.82) is 0 Å². The lowest BCUT2D eigenvalue weighted by atomic mass is 10.2. The van der Waals surface area contributed by atoms with Crippen molar-refractivity contribution in [1.82, 2.24) is 14.9 Å². The van der Waals surface area contributed by atoms with Gasteiger partial charge in [0.05, 0.1) is 0 Å². The molecular weight excluding hydrogens is 300 g/mol. The molecule has 1 aromatic heterocycles. The number of alkyl halides is 2. The van der Waals surface area contributed by atoms with Crippen LogP contribution in [0.3, 0.4) is 0 Å². The van der Waals surface area contributed by atoms with Crippen LogP contribution in [0.4, 0.5) is 14.5 Å². The molecule has 0 saturated carbocycles. The van der Waals surface area contributed by atoms with Crippen molar-refractivity contribution in [3.05, 3.63) is 48.0 Å². The van der Waals surface area contributed by atoms with E-state index in [0.29, 0.717) is 12.5 Å². The molecule has 0 saturated heterocycles. The summed E-state index contributed by atoms with van der Waals surface area (Å²) >= 11 is 0. The number of nitrogens with one attached hydrogen (secondary N) is 1. The standard InChI is InChI=1S/C16H19F2N5/c1-2-19-16(21-11-14-20-8-10-23(14)15(17)18)22-9-7-12-5-3-4-6-13(12)22/h3-6,8,10,15H,2,7,9,11H2,1H3,(H,19,21). The van der Waals surface area contributed by atoms with Crippen molar-refractivity contribution in [3.8, 4) is 0 Å². The Bertz CT molecular complexity index is 695. The summed E-state index contributed by atoms with van der Waals surface area (Å²) in [7, 11) is 0. The quantitative estimate of drug-likeness (QED) is 0.696. The van der Waals surface area contributed by atoms with Gasteiger partial charge < -0.3 is 10.2 Å². The lowest BCUT2D eigenvalue weighted by Gasteiger charge is -2.22. The summed E-state index contributed by atoms with van der Waals surface area (Å²) in [5.41, 5.74) is 2.39. The van der Waals surface area contributed by atoms with Gasteiger partial charge in [-0.3, -0.25) is 4.57 Å². The van der Waals surface area contributed by atoms with E-state index in [0.717, 1.165) is 23.2 Å². The topological polar surface area (TPSA) is 45.5 Å². The van der Waals surface area contributed by atoms with Gasteiger partial charge in [0.2, 0.25) is 0 Å². The minimum Gasteiger partial charge on any atom is -0.356 e. The molecule has 0 atom stereocenters. The molecule has 1 aromatic carbocycles. The number of hydrogen-bond acceptors (Lipinski definition) is 2. The lowest BCUT2D eigenvalue weighted by molar-refractivity contribution is 0.0671. The van der Waals surface area contributed by atoms with Crippen LogP contribution in [0, 0.1) is 0 Å². The predicted octanol–water partition coefficient (Wildman–Crippen LogP) is 2.81. The molecule has 0 bridgehead atoms. The number of fused-ring (bicyclic) bond motifs is 1. The summed E-state index contributed by atoms with van der Waals surface area (Å²) in [4.78, 5) is 10.6. The number of para-hydroxylation sites is 1. The molecule has 0 radical (unpaired) electrons. The van der Waals surface area contributed by atoms with E-state index in [9.17, 15) is 8.78 Å². The highest BCUT2D eigenvalue weighted by Gasteiger charge is 2.22. The van der Waals surface area contributed by atoms with E-state index >= 15 is 0 Å². The molecule has 3 rings (SSSR count). The third-order valence-corrected chi connectivity index (χ3v) is 3.81. The zero-order valence-corrected chi connectivity index (χ0v) is 12.9. The SMILES string of the molecule is CCNC(=NCc1nccn1C(F)F)N1CCc2ccccc21. The number of anilines is 1. The molecule has 7 heteroatoms. The number of imidazole rings is 1. The number of guanidine groups is 1. The number of aromatic nitrogens is 2. The third kappa shape index (κ3) is 3.18. The van der Waals surface area contributed by atoms with Gasteiger partial charge in [0.1, 0.15) is 12.4 Å². The lowest BCUT2D eigenvalue weighted by Crippen LogP contribution is -2.40. The summed E-state index contributed by atoms with van der Waals surface area (Å²) in [6.07, 6.45) is 3.59. The Hall–Kier alpha value is -2.44. The summed E-state index contributed by atoms with van der Waals surface area (Å²) in [6.45, 7) is 1.03. The van der Waals surface area contributed by atoms with Crippen LogP contribution in [0.25, 0.3) is 0 Å². The van der Waals surface area contributed by atoms with Crippen molar-refractivity contribution in [2.75, 3.05) is 18.0 Å². The zero-order chi connectivity index (χ0) is 16.2. The number of halogens is 2. The summed E-state index contributed by atoms with van der Waals surface area (Å²) in [6, 6.07) is 8.16. The molecule has 1 aliphatic rings. The van der Waals surface area contributed by atoms with Gasteiger partial charge in [-0.25, -0.2) is 9.98 Å². The highest BCUT2D eigenvalue weighted by molar-refractivity contribution is 5.97. The third-order valence-electron chi connectivity index (χ3n) is 3.81. The summed E-state index contributed by atoms with van der Waals surface area (Å²) < 4.78 is 26.6. The number of nitrogens with zero attached hydrogens (tertiary/aromatic N) is 4. The van der Waals surface area contributed by atoms with Crippen LogP contribution in [0.5, 0.6) is 0 Å². The minimum atomic E-state index is -2.60. The molecule has 1 aliphatic heterocycles. The van der Waals surface area contributed by atoms with Crippen LogP contribution in [0.1, 0.15) is 24.9 Å². The molecule has 0 aliphatic carbocycles. The molecule has 23 heavy (non-hydrogen) atoms. The van der Waals surface area contributed by atoms with Crippen molar-refractivity contribution in [2.45, 2.75) is 26.4 Å². The average molecular weight is 319 g/mol. The van der Waals surface area contributed by atoms with Crippen molar-refractivity contribution in [2.24, 2.45) is 4.99 Å². The molecule has 122 valence electrons. The van der Waals surface area contributed by atoms with Gasteiger partial charge in [0.25, 0.3) is 0 Å². The molecule has 2 aromatic rings. The summed E-state index contributed by atoms with van der Waals surface area (Å²) in [5.74, 6) is 0.948. The number of aliphatic imine (C=N–C) groups is 1. The van der Waals surface area contributed by atoms with E-state index in [1.54, 1.807) is 0 Å². The average Bonchev–Trinajstić information content (AvgIpc) is 3.18. The molecule has 5 nitrogen and oxygen atoms in total. The highest BCUT2D eigenvalue weighted by Crippen LogP contribution is 2.27. The van der Waals surface area contributed by atoms with E-state index in [2.05, 4.69) is 32.3 Å². The number of hydrogen-bond donors (Lipinski definition) is 1.